The van der Waals surface area contributed by atoms with Crippen molar-refractivity contribution >= 4 is 17.4 Å². The summed E-state index contributed by atoms with van der Waals surface area (Å²) in [7, 11) is 0. The molecule has 2 rings (SSSR count). The van der Waals surface area contributed by atoms with Crippen molar-refractivity contribution in [1.82, 2.24) is 9.88 Å². The highest BCUT2D eigenvalue weighted by Gasteiger charge is 2.16. The van der Waals surface area contributed by atoms with Crippen LogP contribution in [0.2, 0.25) is 0 Å². The number of aromatic nitrogens is 1. The highest BCUT2D eigenvalue weighted by Crippen LogP contribution is 2.17. The molecule has 0 atom stereocenters. The van der Waals surface area contributed by atoms with E-state index in [1.165, 1.54) is 0 Å². The van der Waals surface area contributed by atoms with Gasteiger partial charge in [-0.05, 0) is 25.1 Å². The SMILES string of the molecule is CCN1CCN(c2ccc(CCl)c(C)n2)CC1. The van der Waals surface area contributed by atoms with Gasteiger partial charge in [-0.15, -0.1) is 11.6 Å². The van der Waals surface area contributed by atoms with E-state index in [0.717, 1.165) is 49.8 Å². The molecule has 0 N–H and O–H groups in total. The van der Waals surface area contributed by atoms with E-state index >= 15 is 0 Å². The van der Waals surface area contributed by atoms with Crippen molar-refractivity contribution in [3.05, 3.63) is 23.4 Å². The quantitative estimate of drug-likeness (QED) is 0.771. The normalized spacial score (nSPS) is 17.5. The Bertz CT molecular complexity index is 373. The smallest absolute Gasteiger partial charge is 0.128 e. The summed E-state index contributed by atoms with van der Waals surface area (Å²) in [6.45, 7) is 9.80. The first-order chi connectivity index (χ1) is 8.24. The molecule has 2 heterocycles. The summed E-state index contributed by atoms with van der Waals surface area (Å²) in [6.07, 6.45) is 0. The highest BCUT2D eigenvalue weighted by molar-refractivity contribution is 6.17. The van der Waals surface area contributed by atoms with Crippen LogP contribution in [-0.4, -0.2) is 42.6 Å². The third kappa shape index (κ3) is 2.90. The Balaban J connectivity index is 2.06. The molecule has 1 aromatic heterocycles. The number of aryl methyl sites for hydroxylation is 1. The molecule has 1 fully saturated rings. The predicted octanol–water partition coefficient (Wildman–Crippen LogP) is 2.27. The molecule has 0 unspecified atom stereocenters. The number of pyridine rings is 1. The molecule has 1 aromatic rings. The van der Waals surface area contributed by atoms with Gasteiger partial charge in [0, 0.05) is 37.8 Å². The lowest BCUT2D eigenvalue weighted by molar-refractivity contribution is 0.270. The minimum absolute atomic E-state index is 0.544. The molecule has 0 saturated carbocycles. The topological polar surface area (TPSA) is 19.4 Å². The molecule has 1 aliphatic rings. The lowest BCUT2D eigenvalue weighted by Gasteiger charge is -2.35. The van der Waals surface area contributed by atoms with Crippen LogP contribution >= 0.6 is 11.6 Å². The second-order valence-corrected chi connectivity index (χ2v) is 4.74. The van der Waals surface area contributed by atoms with Crippen LogP contribution in [0.15, 0.2) is 12.1 Å². The van der Waals surface area contributed by atoms with Gasteiger partial charge >= 0.3 is 0 Å². The lowest BCUT2D eigenvalue weighted by Crippen LogP contribution is -2.46. The summed E-state index contributed by atoms with van der Waals surface area (Å²) in [5.74, 6) is 1.63. The fraction of sp³-hybridized carbons (Fsp3) is 0.615. The lowest BCUT2D eigenvalue weighted by atomic mass is 10.2. The average molecular weight is 254 g/mol. The van der Waals surface area contributed by atoms with Crippen molar-refractivity contribution in [2.75, 3.05) is 37.6 Å². The second kappa shape index (κ2) is 5.69. The number of hydrogen-bond donors (Lipinski definition) is 0. The molecule has 0 aliphatic carbocycles. The van der Waals surface area contributed by atoms with Crippen LogP contribution in [0.3, 0.4) is 0 Å². The minimum Gasteiger partial charge on any atom is -0.354 e. The van der Waals surface area contributed by atoms with E-state index in [1.807, 2.05) is 6.92 Å². The fourth-order valence-corrected chi connectivity index (χ4v) is 2.47. The summed E-state index contributed by atoms with van der Waals surface area (Å²) < 4.78 is 0. The van der Waals surface area contributed by atoms with E-state index in [4.69, 9.17) is 11.6 Å². The van der Waals surface area contributed by atoms with Gasteiger partial charge in [0.2, 0.25) is 0 Å². The fourth-order valence-electron chi connectivity index (χ4n) is 2.19. The molecule has 4 heteroatoms. The van der Waals surface area contributed by atoms with Gasteiger partial charge in [-0.3, -0.25) is 0 Å². The van der Waals surface area contributed by atoms with Crippen molar-refractivity contribution in [2.45, 2.75) is 19.7 Å². The Morgan fingerprint density at radius 2 is 1.94 bits per heavy atom. The van der Waals surface area contributed by atoms with Crippen molar-refractivity contribution in [3.63, 3.8) is 0 Å². The van der Waals surface area contributed by atoms with Gasteiger partial charge in [-0.2, -0.15) is 0 Å². The summed E-state index contributed by atoms with van der Waals surface area (Å²) >= 11 is 5.85. The zero-order valence-electron chi connectivity index (χ0n) is 10.6. The number of alkyl halides is 1. The van der Waals surface area contributed by atoms with Gasteiger partial charge in [0.15, 0.2) is 0 Å². The first-order valence-electron chi connectivity index (χ1n) is 6.24. The van der Waals surface area contributed by atoms with Gasteiger partial charge in [0.05, 0.1) is 0 Å². The Kier molecular flexibility index (Phi) is 4.24. The average Bonchev–Trinajstić information content (AvgIpc) is 2.39. The zero-order chi connectivity index (χ0) is 12.3. The van der Waals surface area contributed by atoms with E-state index in [2.05, 4.69) is 33.8 Å². The summed E-state index contributed by atoms with van der Waals surface area (Å²) in [6, 6.07) is 4.18. The predicted molar refractivity (Wildman–Crippen MR) is 72.9 cm³/mol. The van der Waals surface area contributed by atoms with Crippen LogP contribution in [0, 0.1) is 6.92 Å². The van der Waals surface area contributed by atoms with E-state index in [-0.39, 0.29) is 0 Å². The Morgan fingerprint density at radius 3 is 2.47 bits per heavy atom. The molecule has 94 valence electrons. The van der Waals surface area contributed by atoms with Gasteiger partial charge in [0.1, 0.15) is 5.82 Å². The molecule has 0 spiro atoms. The summed E-state index contributed by atoms with van der Waals surface area (Å²) in [5.41, 5.74) is 2.18. The third-order valence-electron chi connectivity index (χ3n) is 3.47. The zero-order valence-corrected chi connectivity index (χ0v) is 11.4. The van der Waals surface area contributed by atoms with Gasteiger partial charge in [-0.1, -0.05) is 13.0 Å². The number of likely N-dealkylation sites (N-methyl/N-ethyl adjacent to an activating group) is 1. The van der Waals surface area contributed by atoms with Crippen molar-refractivity contribution in [2.24, 2.45) is 0 Å². The van der Waals surface area contributed by atoms with Gasteiger partial charge in [-0.25, -0.2) is 4.98 Å². The summed E-state index contributed by atoms with van der Waals surface area (Å²) in [4.78, 5) is 9.47. The van der Waals surface area contributed by atoms with Crippen LogP contribution in [0.25, 0.3) is 0 Å². The van der Waals surface area contributed by atoms with E-state index < -0.39 is 0 Å². The molecule has 3 nitrogen and oxygen atoms in total. The van der Waals surface area contributed by atoms with E-state index in [1.54, 1.807) is 0 Å². The monoisotopic (exact) mass is 253 g/mol. The Labute approximate surface area is 108 Å². The number of piperazine rings is 1. The van der Waals surface area contributed by atoms with Crippen LogP contribution in [0.5, 0.6) is 0 Å². The molecule has 0 aromatic carbocycles. The molecule has 1 saturated heterocycles. The Hall–Kier alpha value is -0.800. The van der Waals surface area contributed by atoms with Gasteiger partial charge in [0.25, 0.3) is 0 Å². The van der Waals surface area contributed by atoms with Crippen LogP contribution in [-0.2, 0) is 5.88 Å². The maximum Gasteiger partial charge on any atom is 0.128 e. The van der Waals surface area contributed by atoms with Crippen LogP contribution in [0.1, 0.15) is 18.2 Å². The highest BCUT2D eigenvalue weighted by atomic mass is 35.5. The Morgan fingerprint density at radius 1 is 1.24 bits per heavy atom. The van der Waals surface area contributed by atoms with Crippen LogP contribution < -0.4 is 4.90 Å². The molecule has 0 bridgehead atoms. The molecule has 17 heavy (non-hydrogen) atoms. The number of halogens is 1. The van der Waals surface area contributed by atoms with E-state index in [0.29, 0.717) is 5.88 Å². The second-order valence-electron chi connectivity index (χ2n) is 4.47. The maximum absolute atomic E-state index is 5.85. The third-order valence-corrected chi connectivity index (χ3v) is 3.76. The molecular formula is C13H20ClN3. The number of anilines is 1. The largest absolute Gasteiger partial charge is 0.354 e. The van der Waals surface area contributed by atoms with Crippen molar-refractivity contribution in [3.8, 4) is 0 Å². The molecule has 0 radical (unpaired) electrons. The number of hydrogen-bond acceptors (Lipinski definition) is 3. The standard InChI is InChI=1S/C13H20ClN3/c1-3-16-6-8-17(9-7-16)13-5-4-12(10-14)11(2)15-13/h4-5H,3,6-10H2,1-2H3. The van der Waals surface area contributed by atoms with Crippen molar-refractivity contribution < 1.29 is 0 Å². The molecular weight excluding hydrogens is 234 g/mol. The number of rotatable bonds is 3. The molecule has 0 amide bonds. The summed E-state index contributed by atoms with van der Waals surface area (Å²) in [5, 5.41) is 0. The van der Waals surface area contributed by atoms with Gasteiger partial charge < -0.3 is 9.80 Å². The van der Waals surface area contributed by atoms with Crippen molar-refractivity contribution in [1.29, 1.82) is 0 Å². The number of nitrogens with zero attached hydrogens (tertiary/aromatic N) is 3. The maximum atomic E-state index is 5.85. The molecule has 1 aliphatic heterocycles. The first kappa shape index (κ1) is 12.7. The first-order valence-corrected chi connectivity index (χ1v) is 6.78. The van der Waals surface area contributed by atoms with Crippen LogP contribution in [0.4, 0.5) is 5.82 Å². The minimum atomic E-state index is 0.544. The van der Waals surface area contributed by atoms with E-state index in [9.17, 15) is 0 Å².